The van der Waals surface area contributed by atoms with Gasteiger partial charge in [-0.1, -0.05) is 11.6 Å². The highest BCUT2D eigenvalue weighted by molar-refractivity contribution is 6.30. The van der Waals surface area contributed by atoms with Gasteiger partial charge in [0, 0.05) is 21.6 Å². The second-order valence-electron chi connectivity index (χ2n) is 6.06. The number of aromatic nitrogens is 1. The monoisotopic (exact) mass is 373 g/mol. The summed E-state index contributed by atoms with van der Waals surface area (Å²) in [6, 6.07) is 10.5. The molecule has 1 N–H and O–H groups in total. The van der Waals surface area contributed by atoms with Gasteiger partial charge in [-0.05, 0) is 55.8 Å². The van der Waals surface area contributed by atoms with E-state index >= 15 is 0 Å². The number of carbonyl (C=O) groups is 1. The quantitative estimate of drug-likeness (QED) is 0.670. The number of benzene rings is 2. The number of esters is 1. The zero-order valence-electron chi connectivity index (χ0n) is 14.9. The minimum absolute atomic E-state index is 0.104. The first kappa shape index (κ1) is 18.1. The van der Waals surface area contributed by atoms with Crippen LogP contribution in [0.2, 0.25) is 5.02 Å². The van der Waals surface area contributed by atoms with Crippen molar-refractivity contribution in [2.24, 2.45) is 0 Å². The maximum atomic E-state index is 12.2. The van der Waals surface area contributed by atoms with E-state index in [9.17, 15) is 9.90 Å². The number of phenolic OH excluding ortho intramolecular Hbond substituents is 1. The number of aryl methyl sites for hydroxylation is 1. The normalized spacial score (nSPS) is 10.9. The predicted octanol–water partition coefficient (Wildman–Crippen LogP) is 4.48. The van der Waals surface area contributed by atoms with Crippen LogP contribution < -0.4 is 4.74 Å². The molecule has 5 nitrogen and oxygen atoms in total. The molecule has 1 aromatic heterocycles. The van der Waals surface area contributed by atoms with Crippen LogP contribution in [0.4, 0.5) is 0 Å². The number of rotatable bonds is 5. The van der Waals surface area contributed by atoms with Crippen LogP contribution in [-0.2, 0) is 11.3 Å². The fourth-order valence-corrected chi connectivity index (χ4v) is 3.37. The van der Waals surface area contributed by atoms with E-state index in [1.807, 2.05) is 30.5 Å². The second-order valence-corrected chi connectivity index (χ2v) is 6.50. The molecule has 2 aromatic carbocycles. The number of ether oxygens (including phenoxy) is 2. The molecular formula is C20H20ClNO4. The zero-order valence-corrected chi connectivity index (χ0v) is 15.6. The summed E-state index contributed by atoms with van der Waals surface area (Å²) < 4.78 is 12.8. The molecule has 0 aliphatic rings. The summed E-state index contributed by atoms with van der Waals surface area (Å²) in [6.07, 6.45) is 0. The summed E-state index contributed by atoms with van der Waals surface area (Å²) >= 11 is 5.97. The van der Waals surface area contributed by atoms with Crippen LogP contribution in [0, 0.1) is 13.8 Å². The van der Waals surface area contributed by atoms with Crippen molar-refractivity contribution in [3.8, 4) is 11.5 Å². The molecule has 136 valence electrons. The first-order valence-electron chi connectivity index (χ1n) is 8.21. The van der Waals surface area contributed by atoms with Crippen molar-refractivity contribution in [1.29, 1.82) is 0 Å². The van der Waals surface area contributed by atoms with Gasteiger partial charge in [0.15, 0.2) is 0 Å². The summed E-state index contributed by atoms with van der Waals surface area (Å²) in [6.45, 7) is 4.77. The molecule has 0 bridgehead atoms. The Morgan fingerprint density at radius 3 is 2.65 bits per heavy atom. The number of halogens is 1. The summed E-state index contributed by atoms with van der Waals surface area (Å²) in [4.78, 5) is 12.2. The zero-order chi connectivity index (χ0) is 18.8. The molecule has 0 fully saturated rings. The van der Waals surface area contributed by atoms with Crippen molar-refractivity contribution in [2.45, 2.75) is 20.4 Å². The van der Waals surface area contributed by atoms with Gasteiger partial charge in [-0.3, -0.25) is 0 Å². The van der Waals surface area contributed by atoms with Gasteiger partial charge in [0.2, 0.25) is 0 Å². The van der Waals surface area contributed by atoms with Gasteiger partial charge in [-0.25, -0.2) is 4.79 Å². The van der Waals surface area contributed by atoms with Crippen molar-refractivity contribution in [3.63, 3.8) is 0 Å². The number of hydrogen-bond acceptors (Lipinski definition) is 4. The van der Waals surface area contributed by atoms with Gasteiger partial charge in [0.25, 0.3) is 0 Å². The summed E-state index contributed by atoms with van der Waals surface area (Å²) in [5.41, 5.74) is 3.04. The number of carbonyl (C=O) groups excluding carboxylic acids is 1. The standard InChI is InChI=1S/C20H20ClNO4/c1-12-10-14(21)4-7-18(12)26-9-8-22-13(2)19(20(24)25-3)16-11-15(23)5-6-17(16)22/h4-7,10-11,23H,8-9H2,1-3H3. The Labute approximate surface area is 156 Å². The Bertz CT molecular complexity index is 978. The number of methoxy groups -OCH3 is 1. The van der Waals surface area contributed by atoms with E-state index in [1.165, 1.54) is 7.11 Å². The Balaban J connectivity index is 1.90. The molecule has 0 spiro atoms. The van der Waals surface area contributed by atoms with E-state index in [-0.39, 0.29) is 5.75 Å². The van der Waals surface area contributed by atoms with Crippen LogP contribution in [0.3, 0.4) is 0 Å². The third kappa shape index (κ3) is 3.35. The van der Waals surface area contributed by atoms with Crippen molar-refractivity contribution in [1.82, 2.24) is 4.57 Å². The van der Waals surface area contributed by atoms with Gasteiger partial charge in [0.1, 0.15) is 18.1 Å². The van der Waals surface area contributed by atoms with Gasteiger partial charge in [-0.15, -0.1) is 0 Å². The Hall–Kier alpha value is -2.66. The van der Waals surface area contributed by atoms with Gasteiger partial charge >= 0.3 is 5.97 Å². The Kier molecular flexibility index (Phi) is 5.09. The van der Waals surface area contributed by atoms with Crippen LogP contribution in [-0.4, -0.2) is 29.4 Å². The number of nitrogens with zero attached hydrogens (tertiary/aromatic N) is 1. The largest absolute Gasteiger partial charge is 0.508 e. The smallest absolute Gasteiger partial charge is 0.340 e. The molecule has 0 amide bonds. The predicted molar refractivity (Wildman–Crippen MR) is 101 cm³/mol. The molecule has 0 radical (unpaired) electrons. The summed E-state index contributed by atoms with van der Waals surface area (Å²) in [5, 5.41) is 11.1. The summed E-state index contributed by atoms with van der Waals surface area (Å²) in [7, 11) is 1.35. The minimum atomic E-state index is -0.425. The Morgan fingerprint density at radius 1 is 1.19 bits per heavy atom. The second kappa shape index (κ2) is 7.30. The number of phenols is 1. The number of aromatic hydroxyl groups is 1. The van der Waals surface area contributed by atoms with Crippen LogP contribution >= 0.6 is 11.6 Å². The van der Waals surface area contributed by atoms with Gasteiger partial charge in [-0.2, -0.15) is 0 Å². The molecule has 0 atom stereocenters. The lowest BCUT2D eigenvalue weighted by Crippen LogP contribution is -2.11. The minimum Gasteiger partial charge on any atom is -0.508 e. The first-order valence-corrected chi connectivity index (χ1v) is 8.59. The van der Waals surface area contributed by atoms with E-state index in [0.717, 1.165) is 22.5 Å². The lowest BCUT2D eigenvalue weighted by Gasteiger charge is -2.12. The molecule has 0 saturated heterocycles. The molecule has 26 heavy (non-hydrogen) atoms. The molecule has 1 heterocycles. The molecule has 3 rings (SSSR count). The molecule has 0 aliphatic heterocycles. The van der Waals surface area contributed by atoms with Gasteiger partial charge < -0.3 is 19.1 Å². The van der Waals surface area contributed by atoms with E-state index in [0.29, 0.717) is 29.1 Å². The van der Waals surface area contributed by atoms with Crippen molar-refractivity contribution >= 4 is 28.5 Å². The molecule has 6 heteroatoms. The molecule has 0 aliphatic carbocycles. The van der Waals surface area contributed by atoms with E-state index in [2.05, 4.69) is 0 Å². The fourth-order valence-electron chi connectivity index (χ4n) is 3.14. The van der Waals surface area contributed by atoms with Crippen LogP contribution in [0.5, 0.6) is 11.5 Å². The third-order valence-electron chi connectivity index (χ3n) is 4.41. The van der Waals surface area contributed by atoms with Crippen molar-refractivity contribution in [2.75, 3.05) is 13.7 Å². The van der Waals surface area contributed by atoms with E-state index in [4.69, 9.17) is 21.1 Å². The van der Waals surface area contributed by atoms with Crippen LogP contribution in [0.15, 0.2) is 36.4 Å². The maximum Gasteiger partial charge on any atom is 0.340 e. The lowest BCUT2D eigenvalue weighted by molar-refractivity contribution is 0.0601. The number of hydrogen-bond donors (Lipinski definition) is 1. The van der Waals surface area contributed by atoms with E-state index < -0.39 is 5.97 Å². The SMILES string of the molecule is COC(=O)c1c(C)n(CCOc2ccc(Cl)cc2C)c2ccc(O)cc12. The maximum absolute atomic E-state index is 12.2. The van der Waals surface area contributed by atoms with Crippen molar-refractivity contribution < 1.29 is 19.4 Å². The lowest BCUT2D eigenvalue weighted by atomic mass is 10.1. The Morgan fingerprint density at radius 2 is 1.96 bits per heavy atom. The summed E-state index contributed by atoms with van der Waals surface area (Å²) in [5.74, 6) is 0.452. The highest BCUT2D eigenvalue weighted by Crippen LogP contribution is 2.30. The van der Waals surface area contributed by atoms with Crippen LogP contribution in [0.25, 0.3) is 10.9 Å². The molecule has 0 unspecified atom stereocenters. The highest BCUT2D eigenvalue weighted by atomic mass is 35.5. The fraction of sp³-hybridized carbons (Fsp3) is 0.250. The molecule has 3 aromatic rings. The van der Waals surface area contributed by atoms with E-state index in [1.54, 1.807) is 24.3 Å². The number of fused-ring (bicyclic) bond motifs is 1. The molecule has 0 saturated carbocycles. The van der Waals surface area contributed by atoms with Gasteiger partial charge in [0.05, 0.1) is 19.2 Å². The average Bonchev–Trinajstić information content (AvgIpc) is 2.87. The molecular weight excluding hydrogens is 354 g/mol. The third-order valence-corrected chi connectivity index (χ3v) is 4.64. The van der Waals surface area contributed by atoms with Crippen LogP contribution in [0.1, 0.15) is 21.6 Å². The highest BCUT2D eigenvalue weighted by Gasteiger charge is 2.20. The van der Waals surface area contributed by atoms with Crippen molar-refractivity contribution in [3.05, 3.63) is 58.2 Å². The first-order chi connectivity index (χ1) is 12.4. The topological polar surface area (TPSA) is 60.7 Å². The average molecular weight is 374 g/mol.